The Morgan fingerprint density at radius 2 is 1.73 bits per heavy atom. The molecule has 0 bridgehead atoms. The number of nitrogens with one attached hydrogen (secondary N) is 3. The van der Waals surface area contributed by atoms with E-state index >= 15 is 0 Å². The highest BCUT2D eigenvalue weighted by Gasteiger charge is 2.18. The van der Waals surface area contributed by atoms with Crippen LogP contribution in [-0.4, -0.2) is 38.1 Å². The summed E-state index contributed by atoms with van der Waals surface area (Å²) in [6, 6.07) is 23.5. The van der Waals surface area contributed by atoms with Gasteiger partial charge in [0, 0.05) is 27.7 Å². The fourth-order valence-corrected chi connectivity index (χ4v) is 5.81. The van der Waals surface area contributed by atoms with E-state index in [0.29, 0.717) is 21.5 Å². The molecule has 4 aromatic rings. The molecule has 210 valence electrons. The lowest BCUT2D eigenvalue weighted by atomic mass is 10.1. The van der Waals surface area contributed by atoms with Crippen LogP contribution in [-0.2, 0) is 9.59 Å². The van der Waals surface area contributed by atoms with Gasteiger partial charge in [0.05, 0.1) is 5.25 Å². The molecule has 1 aromatic heterocycles. The fourth-order valence-electron chi connectivity index (χ4n) is 3.61. The Hall–Kier alpha value is -3.93. The Labute approximate surface area is 251 Å². The van der Waals surface area contributed by atoms with Gasteiger partial charge in [-0.25, -0.2) is 0 Å². The van der Waals surface area contributed by atoms with Gasteiger partial charge in [-0.1, -0.05) is 67.2 Å². The number of rotatable bonds is 11. The summed E-state index contributed by atoms with van der Waals surface area (Å²) in [6.45, 7) is 5.75. The molecule has 0 saturated heterocycles. The standard InChI is InChI=1S/C30H29N5O3S3/c1-4-39-30-34-29(41-35-30)33-26(36)20(3)40-24-16-10-15-23(18-24)31-28(38)25(17-22-14-9-8-11-19(22)2)32-27(37)21-12-6-5-7-13-21/h5-18,20H,4H2,1-3H3,(H,31,38)(H,32,37)(H,33,34,35,36)/b25-17-. The predicted octanol–water partition coefficient (Wildman–Crippen LogP) is 6.49. The largest absolute Gasteiger partial charge is 0.321 e. The van der Waals surface area contributed by atoms with Crippen molar-refractivity contribution < 1.29 is 14.4 Å². The first kappa shape index (κ1) is 30.0. The lowest BCUT2D eigenvalue weighted by Crippen LogP contribution is -2.30. The first-order chi connectivity index (χ1) is 19.8. The minimum atomic E-state index is -0.470. The van der Waals surface area contributed by atoms with E-state index in [4.69, 9.17) is 0 Å². The number of hydrogen-bond donors (Lipinski definition) is 3. The van der Waals surface area contributed by atoms with Crippen LogP contribution in [0.4, 0.5) is 10.8 Å². The zero-order chi connectivity index (χ0) is 29.2. The third kappa shape index (κ3) is 8.78. The van der Waals surface area contributed by atoms with Gasteiger partial charge in [-0.15, -0.1) is 11.8 Å². The van der Waals surface area contributed by atoms with E-state index in [9.17, 15) is 14.4 Å². The Morgan fingerprint density at radius 1 is 0.976 bits per heavy atom. The second-order valence-corrected chi connectivity index (χ2v) is 12.2. The van der Waals surface area contributed by atoms with Gasteiger partial charge in [0.15, 0.2) is 0 Å². The number of aromatic nitrogens is 2. The first-order valence-electron chi connectivity index (χ1n) is 12.8. The minimum absolute atomic E-state index is 0.108. The van der Waals surface area contributed by atoms with Crippen LogP contribution >= 0.6 is 35.1 Å². The minimum Gasteiger partial charge on any atom is -0.321 e. The molecule has 1 atom stereocenters. The van der Waals surface area contributed by atoms with Crippen molar-refractivity contribution in [2.45, 2.75) is 36.1 Å². The van der Waals surface area contributed by atoms with Crippen molar-refractivity contribution in [1.29, 1.82) is 0 Å². The van der Waals surface area contributed by atoms with Crippen LogP contribution in [0.25, 0.3) is 6.08 Å². The molecule has 0 saturated carbocycles. The van der Waals surface area contributed by atoms with Gasteiger partial charge in [-0.05, 0) is 67.1 Å². The van der Waals surface area contributed by atoms with E-state index in [-0.39, 0.29) is 17.5 Å². The Balaban J connectivity index is 1.46. The first-order valence-corrected chi connectivity index (χ1v) is 15.5. The molecular formula is C30H29N5O3S3. The monoisotopic (exact) mass is 603 g/mol. The Bertz CT molecular complexity index is 1560. The zero-order valence-electron chi connectivity index (χ0n) is 22.7. The summed E-state index contributed by atoms with van der Waals surface area (Å²) in [7, 11) is 0. The van der Waals surface area contributed by atoms with Gasteiger partial charge in [0.2, 0.25) is 16.2 Å². The normalized spacial score (nSPS) is 11.9. The molecule has 1 heterocycles. The Morgan fingerprint density at radius 3 is 2.49 bits per heavy atom. The molecule has 8 nitrogen and oxygen atoms in total. The number of benzene rings is 3. The summed E-state index contributed by atoms with van der Waals surface area (Å²) < 4.78 is 4.22. The highest BCUT2D eigenvalue weighted by molar-refractivity contribution is 8.00. The molecule has 3 amide bonds. The van der Waals surface area contributed by atoms with Gasteiger partial charge < -0.3 is 10.6 Å². The molecule has 3 N–H and O–H groups in total. The highest BCUT2D eigenvalue weighted by Crippen LogP contribution is 2.28. The van der Waals surface area contributed by atoms with Gasteiger partial charge in [0.25, 0.3) is 11.8 Å². The molecule has 0 aliphatic heterocycles. The van der Waals surface area contributed by atoms with Crippen molar-refractivity contribution in [3.63, 3.8) is 0 Å². The van der Waals surface area contributed by atoms with E-state index in [2.05, 4.69) is 25.3 Å². The number of amides is 3. The lowest BCUT2D eigenvalue weighted by Gasteiger charge is -2.14. The third-order valence-electron chi connectivity index (χ3n) is 5.70. The number of carbonyl (C=O) groups is 3. The van der Waals surface area contributed by atoms with Gasteiger partial charge in [-0.3, -0.25) is 19.7 Å². The maximum absolute atomic E-state index is 13.4. The summed E-state index contributed by atoms with van der Waals surface area (Å²) >= 11 is 4.02. The molecule has 3 aromatic carbocycles. The van der Waals surface area contributed by atoms with Crippen molar-refractivity contribution in [1.82, 2.24) is 14.7 Å². The quantitative estimate of drug-likeness (QED) is 0.133. The fraction of sp³-hybridized carbons (Fsp3) is 0.167. The zero-order valence-corrected chi connectivity index (χ0v) is 25.2. The maximum atomic E-state index is 13.4. The molecule has 1 unspecified atom stereocenters. The average molecular weight is 604 g/mol. The predicted molar refractivity (Wildman–Crippen MR) is 168 cm³/mol. The molecule has 4 rings (SSSR count). The van der Waals surface area contributed by atoms with Gasteiger partial charge in [-0.2, -0.15) is 9.36 Å². The number of anilines is 2. The Kier molecular flexibility index (Phi) is 10.7. The smallest absolute Gasteiger partial charge is 0.272 e. The molecule has 0 aliphatic rings. The topological polar surface area (TPSA) is 113 Å². The van der Waals surface area contributed by atoms with E-state index < -0.39 is 11.2 Å². The second kappa shape index (κ2) is 14.6. The number of carbonyl (C=O) groups excluding carboxylic acids is 3. The van der Waals surface area contributed by atoms with Crippen LogP contribution in [0.15, 0.2) is 94.6 Å². The van der Waals surface area contributed by atoms with Gasteiger partial charge in [0.1, 0.15) is 5.70 Å². The van der Waals surface area contributed by atoms with E-state index in [1.54, 1.807) is 55.5 Å². The van der Waals surface area contributed by atoms with Crippen LogP contribution in [0.2, 0.25) is 0 Å². The molecular weight excluding hydrogens is 575 g/mol. The van der Waals surface area contributed by atoms with Gasteiger partial charge >= 0.3 is 0 Å². The average Bonchev–Trinajstić information content (AvgIpc) is 3.41. The van der Waals surface area contributed by atoms with E-state index in [0.717, 1.165) is 33.3 Å². The van der Waals surface area contributed by atoms with Crippen LogP contribution in [0, 0.1) is 6.92 Å². The molecule has 41 heavy (non-hydrogen) atoms. The lowest BCUT2D eigenvalue weighted by molar-refractivity contribution is -0.115. The van der Waals surface area contributed by atoms with Crippen molar-refractivity contribution in [2.75, 3.05) is 16.4 Å². The highest BCUT2D eigenvalue weighted by atomic mass is 32.2. The summed E-state index contributed by atoms with van der Waals surface area (Å²) in [5.41, 5.74) is 2.85. The molecule has 0 fully saturated rings. The van der Waals surface area contributed by atoms with Crippen LogP contribution in [0.1, 0.15) is 35.3 Å². The summed E-state index contributed by atoms with van der Waals surface area (Å²) in [5.74, 6) is -0.199. The summed E-state index contributed by atoms with van der Waals surface area (Å²) in [5, 5.41) is 9.15. The van der Waals surface area contributed by atoms with E-state index in [1.165, 1.54) is 23.5 Å². The number of aryl methyl sites for hydroxylation is 1. The van der Waals surface area contributed by atoms with Crippen molar-refractivity contribution in [3.8, 4) is 0 Å². The molecule has 0 spiro atoms. The SMILES string of the molecule is CCSc1nsc(NC(=O)C(C)Sc2cccc(NC(=O)/C(=C/c3ccccc3C)NC(=O)c3ccccc3)c2)n1. The van der Waals surface area contributed by atoms with E-state index in [1.807, 2.05) is 50.2 Å². The van der Waals surface area contributed by atoms with Crippen molar-refractivity contribution in [3.05, 3.63) is 101 Å². The van der Waals surface area contributed by atoms with Crippen LogP contribution < -0.4 is 16.0 Å². The summed E-state index contributed by atoms with van der Waals surface area (Å²) in [4.78, 5) is 44.2. The number of nitrogens with zero attached hydrogens (tertiary/aromatic N) is 2. The van der Waals surface area contributed by atoms with Crippen LogP contribution in [0.3, 0.4) is 0 Å². The summed E-state index contributed by atoms with van der Waals surface area (Å²) in [6.07, 6.45) is 1.66. The molecule has 0 aliphatic carbocycles. The maximum Gasteiger partial charge on any atom is 0.272 e. The molecule has 0 radical (unpaired) electrons. The second-order valence-electron chi connectivity index (χ2n) is 8.78. The third-order valence-corrected chi connectivity index (χ3v) is 8.27. The van der Waals surface area contributed by atoms with Crippen molar-refractivity contribution in [2.24, 2.45) is 0 Å². The van der Waals surface area contributed by atoms with Crippen molar-refractivity contribution >= 4 is 69.7 Å². The number of thioether (sulfide) groups is 2. The van der Waals surface area contributed by atoms with Crippen LogP contribution in [0.5, 0.6) is 0 Å². The number of hydrogen-bond acceptors (Lipinski definition) is 8. The molecule has 11 heteroatoms.